The zero-order valence-electron chi connectivity index (χ0n) is 11.8. The van der Waals surface area contributed by atoms with Crippen LogP contribution in [0.4, 0.5) is 5.69 Å². The summed E-state index contributed by atoms with van der Waals surface area (Å²) in [7, 11) is 0. The minimum atomic E-state index is -0.104. The Kier molecular flexibility index (Phi) is 3.77. The number of benzene rings is 1. The summed E-state index contributed by atoms with van der Waals surface area (Å²) in [5, 5.41) is 3.37. The third kappa shape index (κ3) is 2.45. The van der Waals surface area contributed by atoms with Gasteiger partial charge < -0.3 is 10.2 Å². The van der Waals surface area contributed by atoms with Crippen molar-refractivity contribution in [3.63, 3.8) is 0 Å². The highest BCUT2D eigenvalue weighted by molar-refractivity contribution is 5.87. The molecule has 2 aliphatic rings. The molecule has 3 nitrogen and oxygen atoms in total. The maximum absolute atomic E-state index is 12.8. The van der Waals surface area contributed by atoms with E-state index >= 15 is 0 Å². The van der Waals surface area contributed by atoms with E-state index in [0.717, 1.165) is 24.9 Å². The largest absolute Gasteiger partial charge is 0.373 e. The Bertz CT molecular complexity index is 480. The minimum Gasteiger partial charge on any atom is -0.373 e. The van der Waals surface area contributed by atoms with Crippen LogP contribution in [0, 0.1) is 0 Å². The van der Waals surface area contributed by atoms with Gasteiger partial charge in [-0.05, 0) is 24.5 Å². The first kappa shape index (κ1) is 13.2. The number of amides is 1. The standard InChI is InChI=1S/C17H22N2O/c1-2-11-19(14-8-4-5-9-14)17(20)16-12-13-7-3-6-10-15(13)18-16/h2-3,6-7,10,14,16,18H,1,4-5,8-9,11-12H2. The van der Waals surface area contributed by atoms with Crippen LogP contribution in [0.3, 0.4) is 0 Å². The van der Waals surface area contributed by atoms with Gasteiger partial charge in [-0.1, -0.05) is 37.1 Å². The first-order valence-electron chi connectivity index (χ1n) is 7.55. The molecule has 1 amide bonds. The smallest absolute Gasteiger partial charge is 0.245 e. The van der Waals surface area contributed by atoms with Crippen LogP contribution in [0.25, 0.3) is 0 Å². The summed E-state index contributed by atoms with van der Waals surface area (Å²) >= 11 is 0. The summed E-state index contributed by atoms with van der Waals surface area (Å²) in [6.07, 6.45) is 7.40. The lowest BCUT2D eigenvalue weighted by molar-refractivity contribution is -0.133. The summed E-state index contributed by atoms with van der Waals surface area (Å²) in [6.45, 7) is 4.47. The molecule has 1 atom stereocenters. The number of carbonyl (C=O) groups excluding carboxylic acids is 1. The third-order valence-corrected chi connectivity index (χ3v) is 4.44. The summed E-state index contributed by atoms with van der Waals surface area (Å²) in [4.78, 5) is 14.8. The van der Waals surface area contributed by atoms with E-state index in [9.17, 15) is 4.79 Å². The number of para-hydroxylation sites is 1. The van der Waals surface area contributed by atoms with Crippen LogP contribution in [-0.2, 0) is 11.2 Å². The van der Waals surface area contributed by atoms with Gasteiger partial charge in [0, 0.05) is 24.7 Å². The molecule has 1 aliphatic heterocycles. The Morgan fingerprint density at radius 1 is 1.35 bits per heavy atom. The minimum absolute atomic E-state index is 0.104. The van der Waals surface area contributed by atoms with Crippen LogP contribution < -0.4 is 5.32 Å². The van der Waals surface area contributed by atoms with Gasteiger partial charge in [-0.2, -0.15) is 0 Å². The molecule has 1 aromatic carbocycles. The van der Waals surface area contributed by atoms with Crippen LogP contribution in [0.2, 0.25) is 0 Å². The highest BCUT2D eigenvalue weighted by atomic mass is 16.2. The number of hydrogen-bond donors (Lipinski definition) is 1. The molecule has 1 saturated carbocycles. The van der Waals surface area contributed by atoms with Crippen LogP contribution >= 0.6 is 0 Å². The number of hydrogen-bond acceptors (Lipinski definition) is 2. The normalized spacial score (nSPS) is 21.3. The molecular formula is C17H22N2O. The van der Waals surface area contributed by atoms with Crippen molar-refractivity contribution in [2.45, 2.75) is 44.2 Å². The van der Waals surface area contributed by atoms with Gasteiger partial charge in [0.1, 0.15) is 6.04 Å². The van der Waals surface area contributed by atoms with Crippen molar-refractivity contribution >= 4 is 11.6 Å². The second-order valence-corrected chi connectivity index (χ2v) is 5.78. The average molecular weight is 270 g/mol. The van der Waals surface area contributed by atoms with Gasteiger partial charge in [0.05, 0.1) is 0 Å². The molecule has 106 valence electrons. The lowest BCUT2D eigenvalue weighted by atomic mass is 10.1. The van der Waals surface area contributed by atoms with E-state index in [0.29, 0.717) is 12.6 Å². The Balaban J connectivity index is 1.72. The second-order valence-electron chi connectivity index (χ2n) is 5.78. The number of rotatable bonds is 4. The van der Waals surface area contributed by atoms with Crippen molar-refractivity contribution in [2.75, 3.05) is 11.9 Å². The van der Waals surface area contributed by atoms with Crippen LogP contribution in [0.15, 0.2) is 36.9 Å². The Labute approximate surface area is 120 Å². The molecule has 1 N–H and O–H groups in total. The van der Waals surface area contributed by atoms with E-state index in [2.05, 4.69) is 24.0 Å². The molecule has 1 fully saturated rings. The van der Waals surface area contributed by atoms with Crippen molar-refractivity contribution in [2.24, 2.45) is 0 Å². The summed E-state index contributed by atoms with van der Waals surface area (Å²) in [6, 6.07) is 8.50. The zero-order chi connectivity index (χ0) is 13.9. The fourth-order valence-electron chi connectivity index (χ4n) is 3.42. The van der Waals surface area contributed by atoms with Crippen molar-refractivity contribution < 1.29 is 4.79 Å². The van der Waals surface area contributed by atoms with Gasteiger partial charge in [-0.15, -0.1) is 6.58 Å². The molecule has 1 aliphatic carbocycles. The fourth-order valence-corrected chi connectivity index (χ4v) is 3.42. The van der Waals surface area contributed by atoms with Crippen molar-refractivity contribution in [1.29, 1.82) is 0 Å². The predicted molar refractivity (Wildman–Crippen MR) is 81.7 cm³/mol. The number of nitrogens with zero attached hydrogens (tertiary/aromatic N) is 1. The molecule has 0 radical (unpaired) electrons. The van der Waals surface area contributed by atoms with Gasteiger partial charge in [0.2, 0.25) is 5.91 Å². The van der Waals surface area contributed by atoms with Crippen molar-refractivity contribution in [1.82, 2.24) is 4.90 Å². The SMILES string of the molecule is C=CCN(C(=O)C1Cc2ccccc2N1)C1CCCC1. The maximum atomic E-state index is 12.8. The molecule has 1 heterocycles. The number of fused-ring (bicyclic) bond motifs is 1. The first-order chi connectivity index (χ1) is 9.79. The predicted octanol–water partition coefficient (Wildman–Crippen LogP) is 2.98. The van der Waals surface area contributed by atoms with E-state index in [-0.39, 0.29) is 11.9 Å². The Hall–Kier alpha value is -1.77. The zero-order valence-corrected chi connectivity index (χ0v) is 11.8. The molecule has 0 saturated heterocycles. The lowest BCUT2D eigenvalue weighted by Crippen LogP contribution is -2.46. The number of carbonyl (C=O) groups is 1. The molecule has 0 aromatic heterocycles. The molecule has 1 unspecified atom stereocenters. The molecule has 0 bridgehead atoms. The topological polar surface area (TPSA) is 32.3 Å². The fraction of sp³-hybridized carbons (Fsp3) is 0.471. The van der Waals surface area contributed by atoms with Crippen LogP contribution in [-0.4, -0.2) is 29.4 Å². The molecule has 0 spiro atoms. The summed E-state index contributed by atoms with van der Waals surface area (Å²) in [5.41, 5.74) is 2.35. The highest BCUT2D eigenvalue weighted by Crippen LogP contribution is 2.29. The van der Waals surface area contributed by atoms with Gasteiger partial charge in [0.15, 0.2) is 0 Å². The number of anilines is 1. The maximum Gasteiger partial charge on any atom is 0.245 e. The highest BCUT2D eigenvalue weighted by Gasteiger charge is 2.33. The Morgan fingerprint density at radius 3 is 2.80 bits per heavy atom. The van der Waals surface area contributed by atoms with Crippen LogP contribution in [0.5, 0.6) is 0 Å². The van der Waals surface area contributed by atoms with E-state index < -0.39 is 0 Å². The molecule has 3 rings (SSSR count). The average Bonchev–Trinajstić information content (AvgIpc) is 3.12. The van der Waals surface area contributed by atoms with Gasteiger partial charge in [0.25, 0.3) is 0 Å². The van der Waals surface area contributed by atoms with E-state index in [4.69, 9.17) is 0 Å². The van der Waals surface area contributed by atoms with Gasteiger partial charge in [-0.25, -0.2) is 0 Å². The monoisotopic (exact) mass is 270 g/mol. The molecule has 3 heteroatoms. The van der Waals surface area contributed by atoms with Gasteiger partial charge in [-0.3, -0.25) is 4.79 Å². The second kappa shape index (κ2) is 5.70. The van der Waals surface area contributed by atoms with Gasteiger partial charge >= 0.3 is 0 Å². The van der Waals surface area contributed by atoms with E-state index in [1.54, 1.807) is 0 Å². The Morgan fingerprint density at radius 2 is 2.10 bits per heavy atom. The lowest BCUT2D eigenvalue weighted by Gasteiger charge is -2.30. The van der Waals surface area contributed by atoms with Crippen molar-refractivity contribution in [3.05, 3.63) is 42.5 Å². The summed E-state index contributed by atoms with van der Waals surface area (Å²) in [5.74, 6) is 0.230. The number of nitrogens with one attached hydrogen (secondary N) is 1. The third-order valence-electron chi connectivity index (χ3n) is 4.44. The first-order valence-corrected chi connectivity index (χ1v) is 7.55. The molecular weight excluding hydrogens is 248 g/mol. The quantitative estimate of drug-likeness (QED) is 0.853. The molecule has 20 heavy (non-hydrogen) atoms. The van der Waals surface area contributed by atoms with E-state index in [1.165, 1.54) is 18.4 Å². The summed E-state index contributed by atoms with van der Waals surface area (Å²) < 4.78 is 0. The van der Waals surface area contributed by atoms with Crippen molar-refractivity contribution in [3.8, 4) is 0 Å². The molecule has 1 aromatic rings. The van der Waals surface area contributed by atoms with E-state index in [1.807, 2.05) is 23.1 Å². The van der Waals surface area contributed by atoms with Crippen LogP contribution in [0.1, 0.15) is 31.2 Å².